The van der Waals surface area contributed by atoms with Gasteiger partial charge in [0.05, 0.1) is 5.69 Å². The quantitative estimate of drug-likeness (QED) is 0.902. The Kier molecular flexibility index (Phi) is 3.10. The van der Waals surface area contributed by atoms with Gasteiger partial charge in [0.2, 0.25) is 0 Å². The van der Waals surface area contributed by atoms with E-state index in [4.69, 9.17) is 17.3 Å². The van der Waals surface area contributed by atoms with Crippen molar-refractivity contribution in [3.05, 3.63) is 52.6 Å². The van der Waals surface area contributed by atoms with Crippen molar-refractivity contribution in [1.82, 2.24) is 9.55 Å². The van der Waals surface area contributed by atoms with Gasteiger partial charge in [-0.2, -0.15) is 0 Å². The summed E-state index contributed by atoms with van der Waals surface area (Å²) in [4.78, 5) is 4.67. The molecule has 0 bridgehead atoms. The van der Waals surface area contributed by atoms with E-state index in [-0.39, 0.29) is 6.04 Å². The van der Waals surface area contributed by atoms with Gasteiger partial charge >= 0.3 is 0 Å². The Labute approximate surface area is 112 Å². The van der Waals surface area contributed by atoms with Crippen LogP contribution in [0.5, 0.6) is 0 Å². The van der Waals surface area contributed by atoms with Crippen molar-refractivity contribution in [2.45, 2.75) is 31.8 Å². The summed E-state index contributed by atoms with van der Waals surface area (Å²) in [5.74, 6) is 1.16. The molecule has 94 valence electrons. The molecule has 1 unspecified atom stereocenters. The zero-order valence-corrected chi connectivity index (χ0v) is 10.9. The number of nitrogens with zero attached hydrogens (tertiary/aromatic N) is 2. The maximum atomic E-state index is 5.99. The minimum Gasteiger partial charge on any atom is -0.333 e. The van der Waals surface area contributed by atoms with E-state index >= 15 is 0 Å². The molecule has 2 N–H and O–H groups in total. The van der Waals surface area contributed by atoms with Crippen LogP contribution in [-0.2, 0) is 19.4 Å². The van der Waals surface area contributed by atoms with E-state index in [1.54, 1.807) is 0 Å². The second-order valence-corrected chi connectivity index (χ2v) is 5.34. The molecule has 0 aliphatic carbocycles. The van der Waals surface area contributed by atoms with Crippen molar-refractivity contribution in [3.63, 3.8) is 0 Å². The number of benzene rings is 1. The number of hydrogen-bond donors (Lipinski definition) is 1. The monoisotopic (exact) mass is 261 g/mol. The lowest BCUT2D eigenvalue weighted by Gasteiger charge is -2.19. The first-order chi connectivity index (χ1) is 8.70. The zero-order chi connectivity index (χ0) is 12.5. The van der Waals surface area contributed by atoms with Gasteiger partial charge in [-0.3, -0.25) is 0 Å². The topological polar surface area (TPSA) is 43.8 Å². The predicted molar refractivity (Wildman–Crippen MR) is 72.8 cm³/mol. The van der Waals surface area contributed by atoms with Gasteiger partial charge in [-0.15, -0.1) is 0 Å². The van der Waals surface area contributed by atoms with E-state index in [0.717, 1.165) is 42.3 Å². The second kappa shape index (κ2) is 4.75. The molecule has 0 saturated carbocycles. The first-order valence-corrected chi connectivity index (χ1v) is 6.63. The molecule has 1 atom stereocenters. The summed E-state index contributed by atoms with van der Waals surface area (Å²) in [6.45, 7) is 0.887. The van der Waals surface area contributed by atoms with Crippen molar-refractivity contribution < 1.29 is 0 Å². The van der Waals surface area contributed by atoms with Gasteiger partial charge in [-0.05, 0) is 24.1 Å². The minimum absolute atomic E-state index is 0.269. The number of halogens is 1. The Balaban J connectivity index is 1.82. The van der Waals surface area contributed by atoms with Crippen LogP contribution >= 0.6 is 11.6 Å². The standard InChI is InChI=1S/C14H16ClN3/c15-11-3-1-2-10(6-11)7-13-9-18-8-12(16)4-5-14(18)17-13/h1-3,6,9,12H,4-5,7-8,16H2. The maximum Gasteiger partial charge on any atom is 0.109 e. The molecule has 0 spiro atoms. The number of imidazole rings is 1. The molecule has 4 heteroatoms. The highest BCUT2D eigenvalue weighted by Gasteiger charge is 2.17. The van der Waals surface area contributed by atoms with E-state index in [1.807, 2.05) is 18.2 Å². The molecule has 1 aromatic carbocycles. The van der Waals surface area contributed by atoms with E-state index in [0.29, 0.717) is 0 Å². The third-order valence-electron chi connectivity index (χ3n) is 3.35. The molecule has 1 aromatic heterocycles. The Hall–Kier alpha value is -1.32. The molecule has 2 heterocycles. The fourth-order valence-electron chi connectivity index (χ4n) is 2.47. The zero-order valence-electron chi connectivity index (χ0n) is 10.1. The van der Waals surface area contributed by atoms with Crippen LogP contribution in [0.2, 0.25) is 5.02 Å². The number of hydrogen-bond acceptors (Lipinski definition) is 2. The molecular weight excluding hydrogens is 246 g/mol. The third-order valence-corrected chi connectivity index (χ3v) is 3.59. The van der Waals surface area contributed by atoms with Gasteiger partial charge in [0.25, 0.3) is 0 Å². The molecule has 0 amide bonds. The van der Waals surface area contributed by atoms with Crippen LogP contribution < -0.4 is 5.73 Å². The molecule has 3 nitrogen and oxygen atoms in total. The maximum absolute atomic E-state index is 5.99. The van der Waals surface area contributed by atoms with Crippen molar-refractivity contribution in [3.8, 4) is 0 Å². The summed E-state index contributed by atoms with van der Waals surface area (Å²) in [5, 5.41) is 0.776. The fourth-order valence-corrected chi connectivity index (χ4v) is 2.68. The third kappa shape index (κ3) is 2.42. The van der Waals surface area contributed by atoms with E-state index in [9.17, 15) is 0 Å². The van der Waals surface area contributed by atoms with Crippen molar-refractivity contribution in [2.24, 2.45) is 5.73 Å². The first kappa shape index (κ1) is 11.8. The van der Waals surface area contributed by atoms with Crippen LogP contribution in [0, 0.1) is 0 Å². The van der Waals surface area contributed by atoms with Crippen LogP contribution in [0.3, 0.4) is 0 Å². The van der Waals surface area contributed by atoms with Crippen LogP contribution in [-0.4, -0.2) is 15.6 Å². The molecule has 3 rings (SSSR count). The SMILES string of the molecule is NC1CCc2nc(Cc3cccc(Cl)c3)cn2C1. The minimum atomic E-state index is 0.269. The Morgan fingerprint density at radius 2 is 2.33 bits per heavy atom. The van der Waals surface area contributed by atoms with E-state index < -0.39 is 0 Å². The van der Waals surface area contributed by atoms with E-state index in [2.05, 4.69) is 21.8 Å². The summed E-state index contributed by atoms with van der Waals surface area (Å²) < 4.78 is 2.19. The Bertz CT molecular complexity index is 562. The summed E-state index contributed by atoms with van der Waals surface area (Å²) >= 11 is 5.99. The first-order valence-electron chi connectivity index (χ1n) is 6.25. The van der Waals surface area contributed by atoms with Crippen LogP contribution in [0.25, 0.3) is 0 Å². The highest BCUT2D eigenvalue weighted by atomic mass is 35.5. The van der Waals surface area contributed by atoms with Gasteiger partial charge in [0.15, 0.2) is 0 Å². The predicted octanol–water partition coefficient (Wildman–Crippen LogP) is 2.40. The average Bonchev–Trinajstić information content (AvgIpc) is 2.70. The van der Waals surface area contributed by atoms with Crippen molar-refractivity contribution in [2.75, 3.05) is 0 Å². The molecule has 0 radical (unpaired) electrons. The average molecular weight is 262 g/mol. The molecule has 0 saturated heterocycles. The summed E-state index contributed by atoms with van der Waals surface area (Å²) in [5.41, 5.74) is 8.26. The number of nitrogens with two attached hydrogens (primary N) is 1. The number of aryl methyl sites for hydroxylation is 1. The normalized spacial score (nSPS) is 18.7. The van der Waals surface area contributed by atoms with Gasteiger partial charge < -0.3 is 10.3 Å². The smallest absolute Gasteiger partial charge is 0.109 e. The lowest BCUT2D eigenvalue weighted by atomic mass is 10.1. The molecule has 1 aliphatic rings. The summed E-state index contributed by atoms with van der Waals surface area (Å²) in [7, 11) is 0. The Morgan fingerprint density at radius 1 is 1.44 bits per heavy atom. The van der Waals surface area contributed by atoms with Gasteiger partial charge in [-0.25, -0.2) is 4.98 Å². The Morgan fingerprint density at radius 3 is 3.17 bits per heavy atom. The van der Waals surface area contributed by atoms with Crippen molar-refractivity contribution >= 4 is 11.6 Å². The molecule has 2 aromatic rings. The summed E-state index contributed by atoms with van der Waals surface area (Å²) in [6, 6.07) is 8.21. The van der Waals surface area contributed by atoms with Crippen LogP contribution in [0.15, 0.2) is 30.5 Å². The fraction of sp³-hybridized carbons (Fsp3) is 0.357. The summed E-state index contributed by atoms with van der Waals surface area (Å²) in [6.07, 6.45) is 4.97. The lowest BCUT2D eigenvalue weighted by Crippen LogP contribution is -2.31. The molecular formula is C14H16ClN3. The number of fused-ring (bicyclic) bond motifs is 1. The van der Waals surface area contributed by atoms with Crippen LogP contribution in [0.4, 0.5) is 0 Å². The molecule has 18 heavy (non-hydrogen) atoms. The van der Waals surface area contributed by atoms with E-state index in [1.165, 1.54) is 5.56 Å². The second-order valence-electron chi connectivity index (χ2n) is 4.91. The lowest BCUT2D eigenvalue weighted by molar-refractivity contribution is 0.453. The van der Waals surface area contributed by atoms with Crippen molar-refractivity contribution in [1.29, 1.82) is 0 Å². The van der Waals surface area contributed by atoms with Crippen LogP contribution in [0.1, 0.15) is 23.5 Å². The van der Waals surface area contributed by atoms with Gasteiger partial charge in [0, 0.05) is 36.6 Å². The van der Waals surface area contributed by atoms with Gasteiger partial charge in [-0.1, -0.05) is 23.7 Å². The molecule has 1 aliphatic heterocycles. The van der Waals surface area contributed by atoms with Gasteiger partial charge in [0.1, 0.15) is 5.82 Å². The largest absolute Gasteiger partial charge is 0.333 e. The highest BCUT2D eigenvalue weighted by Crippen LogP contribution is 2.18. The number of aromatic nitrogens is 2. The highest BCUT2D eigenvalue weighted by molar-refractivity contribution is 6.30. The number of rotatable bonds is 2. The molecule has 0 fully saturated rings.